The van der Waals surface area contributed by atoms with E-state index in [-0.39, 0.29) is 12.4 Å². The van der Waals surface area contributed by atoms with E-state index in [4.69, 9.17) is 13.9 Å². The monoisotopic (exact) mass is 406 g/mol. The van der Waals surface area contributed by atoms with Crippen LogP contribution >= 0.6 is 0 Å². The molecule has 3 heterocycles. The fourth-order valence-corrected chi connectivity index (χ4v) is 3.54. The molecule has 1 N–H and O–H groups in total. The average Bonchev–Trinajstić information content (AvgIpc) is 3.33. The number of aromatic nitrogens is 2. The number of hydrogen-bond donors (Lipinski definition) is 1. The Kier molecular flexibility index (Phi) is 4.16. The lowest BCUT2D eigenvalue weighted by molar-refractivity contribution is -0.131. The van der Waals surface area contributed by atoms with Crippen LogP contribution < -0.4 is 14.8 Å². The van der Waals surface area contributed by atoms with Crippen LogP contribution in [-0.4, -0.2) is 40.2 Å². The van der Waals surface area contributed by atoms with Crippen molar-refractivity contribution in [3.8, 4) is 23.0 Å². The minimum absolute atomic E-state index is 0.120. The van der Waals surface area contributed by atoms with Crippen molar-refractivity contribution in [1.29, 1.82) is 0 Å². The van der Waals surface area contributed by atoms with Gasteiger partial charge in [0.05, 0.1) is 0 Å². The third kappa shape index (κ3) is 2.95. The van der Waals surface area contributed by atoms with Gasteiger partial charge in [-0.05, 0) is 36.8 Å². The summed E-state index contributed by atoms with van der Waals surface area (Å²) >= 11 is 0. The van der Waals surface area contributed by atoms with Crippen LogP contribution in [0.25, 0.3) is 11.5 Å². The summed E-state index contributed by atoms with van der Waals surface area (Å²) in [5.74, 6) is 1.24. The van der Waals surface area contributed by atoms with Crippen molar-refractivity contribution >= 4 is 11.9 Å². The van der Waals surface area contributed by atoms with E-state index in [0.29, 0.717) is 36.2 Å². The minimum atomic E-state index is -1.24. The van der Waals surface area contributed by atoms with Gasteiger partial charge in [0.2, 0.25) is 11.8 Å². The number of urea groups is 1. The molecule has 0 spiro atoms. The Labute approximate surface area is 171 Å². The molecule has 2 aromatic carbocycles. The average molecular weight is 406 g/mol. The second-order valence-electron chi connectivity index (χ2n) is 7.17. The molecule has 152 valence electrons. The maximum atomic E-state index is 13.2. The van der Waals surface area contributed by atoms with E-state index in [0.717, 1.165) is 10.5 Å². The van der Waals surface area contributed by atoms with Gasteiger partial charge in [0.15, 0.2) is 11.5 Å². The molecular formula is C21H18N4O5. The number of carbonyl (C=O) groups is 2. The number of carbonyl (C=O) groups excluding carboxylic acids is 2. The van der Waals surface area contributed by atoms with Crippen molar-refractivity contribution in [3.63, 3.8) is 0 Å². The fourth-order valence-electron chi connectivity index (χ4n) is 3.54. The smallest absolute Gasteiger partial charge is 0.325 e. The zero-order chi connectivity index (χ0) is 20.7. The number of imide groups is 1. The summed E-state index contributed by atoms with van der Waals surface area (Å²) in [6, 6.07) is 13.9. The first kappa shape index (κ1) is 18.2. The van der Waals surface area contributed by atoms with Crippen LogP contribution in [0.5, 0.6) is 11.5 Å². The molecule has 2 aliphatic rings. The zero-order valence-electron chi connectivity index (χ0n) is 16.1. The maximum absolute atomic E-state index is 13.2. The summed E-state index contributed by atoms with van der Waals surface area (Å²) in [6.07, 6.45) is 0. The van der Waals surface area contributed by atoms with E-state index in [1.54, 1.807) is 25.1 Å². The molecule has 1 saturated heterocycles. The van der Waals surface area contributed by atoms with Gasteiger partial charge in [-0.2, -0.15) is 0 Å². The molecule has 5 rings (SSSR count). The number of hydrogen-bond acceptors (Lipinski definition) is 7. The Morgan fingerprint density at radius 3 is 2.60 bits per heavy atom. The number of ether oxygens (including phenoxy) is 2. The Bertz CT molecular complexity index is 1130. The van der Waals surface area contributed by atoms with E-state index in [1.165, 1.54) is 0 Å². The molecule has 3 amide bonds. The van der Waals surface area contributed by atoms with Gasteiger partial charge in [-0.3, -0.25) is 9.69 Å². The Balaban J connectivity index is 1.39. The second-order valence-corrected chi connectivity index (χ2v) is 7.17. The van der Waals surface area contributed by atoms with Gasteiger partial charge in [-0.25, -0.2) is 4.79 Å². The number of rotatable bonds is 4. The molecule has 30 heavy (non-hydrogen) atoms. The second kappa shape index (κ2) is 6.87. The number of benzene rings is 2. The molecule has 9 heteroatoms. The fraction of sp³-hybridized carbons (Fsp3) is 0.238. The highest BCUT2D eigenvalue weighted by molar-refractivity contribution is 6.07. The van der Waals surface area contributed by atoms with Gasteiger partial charge in [0.25, 0.3) is 5.91 Å². The quantitative estimate of drug-likeness (QED) is 0.663. The highest BCUT2D eigenvalue weighted by Crippen LogP contribution is 2.37. The van der Waals surface area contributed by atoms with Crippen LogP contribution in [0.3, 0.4) is 0 Å². The van der Waals surface area contributed by atoms with Crippen LogP contribution in [0, 0.1) is 0 Å². The summed E-state index contributed by atoms with van der Waals surface area (Å²) in [7, 11) is 0. The lowest BCUT2D eigenvalue weighted by atomic mass is 9.91. The Morgan fingerprint density at radius 2 is 1.80 bits per heavy atom. The number of nitrogens with one attached hydrogen (secondary N) is 1. The topological polar surface area (TPSA) is 107 Å². The summed E-state index contributed by atoms with van der Waals surface area (Å²) < 4.78 is 16.8. The number of fused-ring (bicyclic) bond motifs is 1. The predicted molar refractivity (Wildman–Crippen MR) is 104 cm³/mol. The summed E-state index contributed by atoms with van der Waals surface area (Å²) in [5, 5.41) is 10.7. The van der Waals surface area contributed by atoms with Gasteiger partial charge >= 0.3 is 6.03 Å². The molecule has 1 atom stereocenters. The molecular weight excluding hydrogens is 388 g/mol. The van der Waals surface area contributed by atoms with E-state index in [1.807, 2.05) is 30.3 Å². The first-order valence-electron chi connectivity index (χ1n) is 9.47. The zero-order valence-corrected chi connectivity index (χ0v) is 16.1. The van der Waals surface area contributed by atoms with E-state index < -0.39 is 17.5 Å². The van der Waals surface area contributed by atoms with Crippen LogP contribution in [0.4, 0.5) is 4.79 Å². The molecule has 1 aromatic heterocycles. The van der Waals surface area contributed by atoms with Gasteiger partial charge in [-0.15, -0.1) is 10.2 Å². The number of nitrogens with zero attached hydrogens (tertiary/aromatic N) is 3. The third-order valence-electron chi connectivity index (χ3n) is 5.18. The van der Waals surface area contributed by atoms with Crippen LogP contribution in [0.2, 0.25) is 0 Å². The molecule has 0 saturated carbocycles. The van der Waals surface area contributed by atoms with Crippen LogP contribution in [-0.2, 0) is 16.9 Å². The third-order valence-corrected chi connectivity index (χ3v) is 5.18. The van der Waals surface area contributed by atoms with Gasteiger partial charge < -0.3 is 19.2 Å². The van der Waals surface area contributed by atoms with Gasteiger partial charge in [0, 0.05) is 5.56 Å². The molecule has 9 nitrogen and oxygen atoms in total. The standard InChI is InChI=1S/C21H18N4O5/c1-21(14-7-8-15-16(11-14)29-10-9-28-15)19(26)25(20(27)22-21)12-17-23-24-18(30-17)13-5-3-2-4-6-13/h2-8,11H,9-10,12H2,1H3,(H,22,27). The van der Waals surface area contributed by atoms with Crippen LogP contribution in [0.15, 0.2) is 52.9 Å². The Morgan fingerprint density at radius 1 is 1.03 bits per heavy atom. The highest BCUT2D eigenvalue weighted by atomic mass is 16.6. The van der Waals surface area contributed by atoms with E-state index >= 15 is 0 Å². The maximum Gasteiger partial charge on any atom is 0.325 e. The van der Waals surface area contributed by atoms with E-state index in [2.05, 4.69) is 15.5 Å². The lowest BCUT2D eigenvalue weighted by Gasteiger charge is -2.25. The minimum Gasteiger partial charge on any atom is -0.486 e. The normalized spacial score (nSPS) is 20.4. The number of amides is 3. The van der Waals surface area contributed by atoms with Crippen molar-refractivity contribution in [2.24, 2.45) is 0 Å². The highest BCUT2D eigenvalue weighted by Gasteiger charge is 2.49. The SMILES string of the molecule is CC1(c2ccc3c(c2)OCCO3)NC(=O)N(Cc2nnc(-c3ccccc3)o2)C1=O. The van der Waals surface area contributed by atoms with Crippen molar-refractivity contribution in [2.75, 3.05) is 13.2 Å². The summed E-state index contributed by atoms with van der Waals surface area (Å²) in [6.45, 7) is 2.44. The van der Waals surface area contributed by atoms with Gasteiger partial charge in [-0.1, -0.05) is 24.3 Å². The molecule has 0 bridgehead atoms. The van der Waals surface area contributed by atoms with Crippen molar-refractivity contribution in [2.45, 2.75) is 19.0 Å². The largest absolute Gasteiger partial charge is 0.486 e. The van der Waals surface area contributed by atoms with Crippen LogP contribution in [0.1, 0.15) is 18.4 Å². The molecule has 2 aliphatic heterocycles. The molecule has 1 unspecified atom stereocenters. The molecule has 3 aromatic rings. The van der Waals surface area contributed by atoms with Crippen molar-refractivity contribution in [3.05, 3.63) is 60.0 Å². The lowest BCUT2D eigenvalue weighted by Crippen LogP contribution is -2.41. The summed E-state index contributed by atoms with van der Waals surface area (Å²) in [5.41, 5.74) is 0.118. The first-order chi connectivity index (χ1) is 14.5. The molecule has 0 aliphatic carbocycles. The van der Waals surface area contributed by atoms with E-state index in [9.17, 15) is 9.59 Å². The van der Waals surface area contributed by atoms with Gasteiger partial charge in [0.1, 0.15) is 25.3 Å². The Hall–Kier alpha value is -3.88. The van der Waals surface area contributed by atoms with Crippen molar-refractivity contribution in [1.82, 2.24) is 20.4 Å². The molecule has 1 fully saturated rings. The molecule has 0 radical (unpaired) electrons. The predicted octanol–water partition coefficient (Wildman–Crippen LogP) is 2.47. The summed E-state index contributed by atoms with van der Waals surface area (Å²) in [4.78, 5) is 26.8. The first-order valence-corrected chi connectivity index (χ1v) is 9.47. The van der Waals surface area contributed by atoms with Crippen molar-refractivity contribution < 1.29 is 23.5 Å².